The quantitative estimate of drug-likeness (QED) is 0.0476. The first-order valence-corrected chi connectivity index (χ1v) is 22.6. The van der Waals surface area contributed by atoms with Crippen LogP contribution < -0.4 is 29.0 Å². The highest BCUT2D eigenvalue weighted by Gasteiger charge is 2.48. The maximum Gasteiger partial charge on any atom is 0.411 e. The number of ether oxygens (including phenoxy) is 9. The number of rotatable bonds is 20. The van der Waals surface area contributed by atoms with Gasteiger partial charge in [-0.2, -0.15) is 0 Å². The van der Waals surface area contributed by atoms with Crippen molar-refractivity contribution >= 4 is 26.3 Å². The molecule has 1 amide bonds. The second-order valence-electron chi connectivity index (χ2n) is 15.8. The zero-order valence-corrected chi connectivity index (χ0v) is 37.4. The standard InChI is InChI=1S/C43H62N2O13Si/c1-14-17-52-40-34-29(19-26(4)37(40)50-11)20-30(22-54-28(6)46)45(42(48)53-18-15-2)36(34)32(23-58-59(12,13)43(7,8)9)44-35(41(47)51-16-3)31-21-33(55-24-49-10)27(5)38-39(31)57-25-56-38/h14-15,19,21,30,32,35-36,44H,1-2,16-18,20,22-25H2,3-13H3/t30-,32-,35+,36-/m0/s1. The molecule has 2 aromatic carbocycles. The second kappa shape index (κ2) is 20.5. The fourth-order valence-electron chi connectivity index (χ4n) is 6.97. The van der Waals surface area contributed by atoms with Crippen LogP contribution in [0.3, 0.4) is 0 Å². The number of nitrogens with zero attached hydrogens (tertiary/aromatic N) is 1. The lowest BCUT2D eigenvalue weighted by Crippen LogP contribution is -2.58. The fraction of sp³-hybridized carbons (Fsp3) is 0.558. The third kappa shape index (κ3) is 10.7. The lowest BCUT2D eigenvalue weighted by Gasteiger charge is -2.47. The first-order valence-electron chi connectivity index (χ1n) is 19.7. The number of carbonyl (C=O) groups excluding carboxylic acids is 3. The lowest BCUT2D eigenvalue weighted by molar-refractivity contribution is -0.147. The van der Waals surface area contributed by atoms with Crippen molar-refractivity contribution in [3.8, 4) is 28.7 Å². The first-order chi connectivity index (χ1) is 28.0. The third-order valence-corrected chi connectivity index (χ3v) is 15.3. The molecule has 2 heterocycles. The molecule has 1 N–H and O–H groups in total. The number of hydrogen-bond acceptors (Lipinski definition) is 14. The third-order valence-electron chi connectivity index (χ3n) is 10.8. The number of esters is 2. The van der Waals surface area contributed by atoms with E-state index in [1.807, 2.05) is 19.9 Å². The Kier molecular flexibility index (Phi) is 16.3. The van der Waals surface area contributed by atoms with Gasteiger partial charge in [-0.3, -0.25) is 15.0 Å². The Morgan fingerprint density at radius 1 is 1.00 bits per heavy atom. The predicted octanol–water partition coefficient (Wildman–Crippen LogP) is 7.03. The van der Waals surface area contributed by atoms with Crippen LogP contribution >= 0.6 is 0 Å². The minimum Gasteiger partial charge on any atom is -0.493 e. The summed E-state index contributed by atoms with van der Waals surface area (Å²) in [4.78, 5) is 42.9. The van der Waals surface area contributed by atoms with Crippen molar-refractivity contribution in [3.63, 3.8) is 0 Å². The van der Waals surface area contributed by atoms with Crippen LogP contribution in [-0.4, -0.2) is 104 Å². The summed E-state index contributed by atoms with van der Waals surface area (Å²) in [6, 6.07) is -0.233. The highest BCUT2D eigenvalue weighted by atomic mass is 28.4. The van der Waals surface area contributed by atoms with Gasteiger partial charge < -0.3 is 47.1 Å². The number of nitrogens with one attached hydrogen (secondary N) is 1. The van der Waals surface area contributed by atoms with Crippen molar-refractivity contribution in [3.05, 3.63) is 65.3 Å². The number of aryl methyl sites for hydroxylation is 1. The van der Waals surface area contributed by atoms with Gasteiger partial charge in [-0.05, 0) is 62.5 Å². The number of benzene rings is 2. The van der Waals surface area contributed by atoms with Crippen LogP contribution in [0.15, 0.2) is 37.4 Å². The average Bonchev–Trinajstić information content (AvgIpc) is 3.68. The van der Waals surface area contributed by atoms with Crippen molar-refractivity contribution in [2.75, 3.05) is 60.8 Å². The van der Waals surface area contributed by atoms with Crippen LogP contribution in [0.5, 0.6) is 28.7 Å². The second-order valence-corrected chi connectivity index (χ2v) is 20.6. The zero-order chi connectivity index (χ0) is 43.7. The molecule has 0 bridgehead atoms. The molecular formula is C43H62N2O13Si. The highest BCUT2D eigenvalue weighted by Crippen LogP contribution is 2.50. The van der Waals surface area contributed by atoms with Crippen molar-refractivity contribution in [2.45, 2.75) is 97.2 Å². The number of fused-ring (bicyclic) bond motifs is 2. The molecule has 2 aromatic rings. The van der Waals surface area contributed by atoms with Gasteiger partial charge in [0.05, 0.1) is 38.4 Å². The van der Waals surface area contributed by atoms with Crippen LogP contribution in [0.4, 0.5) is 4.79 Å². The summed E-state index contributed by atoms with van der Waals surface area (Å²) in [5.74, 6) is 0.785. The minimum absolute atomic E-state index is 0.0163. The van der Waals surface area contributed by atoms with Crippen LogP contribution in [0, 0.1) is 13.8 Å². The fourth-order valence-corrected chi connectivity index (χ4v) is 8.00. The molecule has 0 aromatic heterocycles. The molecule has 0 spiro atoms. The Morgan fingerprint density at radius 3 is 2.31 bits per heavy atom. The predicted molar refractivity (Wildman–Crippen MR) is 223 cm³/mol. The van der Waals surface area contributed by atoms with E-state index in [2.05, 4.69) is 52.3 Å². The summed E-state index contributed by atoms with van der Waals surface area (Å²) in [5, 5.41) is 3.37. The molecule has 4 atom stereocenters. The smallest absolute Gasteiger partial charge is 0.411 e. The van der Waals surface area contributed by atoms with Gasteiger partial charge in [0.15, 0.2) is 38.1 Å². The van der Waals surface area contributed by atoms with E-state index in [-0.39, 0.29) is 58.1 Å². The number of methoxy groups -OCH3 is 2. The molecule has 15 nitrogen and oxygen atoms in total. The van der Waals surface area contributed by atoms with Gasteiger partial charge in [0.2, 0.25) is 6.79 Å². The SMILES string of the molecule is C=CCOC(=O)N1[C@H](COC(C)=O)Cc2cc(C)c(OC)c(OCC=C)c2[C@@H]1[C@H](CO[Si](C)(C)C(C)(C)C)N[C@@H](C(=O)OCC)c1cc(OCOC)c(C)c2c1OCO2. The Balaban J connectivity index is 2.11. The molecule has 0 saturated heterocycles. The van der Waals surface area contributed by atoms with Gasteiger partial charge in [0, 0.05) is 30.7 Å². The zero-order valence-electron chi connectivity index (χ0n) is 36.4. The Hall–Kier alpha value is -4.77. The highest BCUT2D eigenvalue weighted by molar-refractivity contribution is 6.74. The summed E-state index contributed by atoms with van der Waals surface area (Å²) in [7, 11) is 0.507. The molecule has 0 unspecified atom stereocenters. The number of carbonyl (C=O) groups is 3. The van der Waals surface area contributed by atoms with Crippen LogP contribution in [0.25, 0.3) is 0 Å². The van der Waals surface area contributed by atoms with Crippen LogP contribution in [-0.2, 0) is 39.4 Å². The Bertz CT molecular complexity index is 1840. The molecule has 16 heteroatoms. The largest absolute Gasteiger partial charge is 0.493 e. The van der Waals surface area contributed by atoms with Crippen LogP contribution in [0.2, 0.25) is 18.1 Å². The van der Waals surface area contributed by atoms with Crippen LogP contribution in [0.1, 0.15) is 74.5 Å². The summed E-state index contributed by atoms with van der Waals surface area (Å²) < 4.78 is 59.7. The summed E-state index contributed by atoms with van der Waals surface area (Å²) in [5.41, 5.74) is 3.17. The normalized spacial score (nSPS) is 17.0. The van der Waals surface area contributed by atoms with Crippen molar-refractivity contribution in [1.29, 1.82) is 0 Å². The van der Waals surface area contributed by atoms with E-state index in [1.165, 1.54) is 25.0 Å². The lowest BCUT2D eigenvalue weighted by atomic mass is 9.82. The molecule has 4 rings (SSSR count). The minimum atomic E-state index is -2.54. The van der Waals surface area contributed by atoms with Gasteiger partial charge in [-0.25, -0.2) is 9.59 Å². The van der Waals surface area contributed by atoms with Gasteiger partial charge in [-0.1, -0.05) is 52.1 Å². The van der Waals surface area contributed by atoms with Crippen molar-refractivity contribution < 1.29 is 61.4 Å². The Labute approximate surface area is 349 Å². The summed E-state index contributed by atoms with van der Waals surface area (Å²) in [6.07, 6.45) is 2.61. The molecule has 0 fully saturated rings. The van der Waals surface area contributed by atoms with Crippen molar-refractivity contribution in [1.82, 2.24) is 10.2 Å². The number of amides is 1. The van der Waals surface area contributed by atoms with E-state index in [9.17, 15) is 14.4 Å². The molecule has 326 valence electrons. The van der Waals surface area contributed by atoms with E-state index >= 15 is 0 Å². The molecule has 0 radical (unpaired) electrons. The maximum atomic E-state index is 14.6. The number of hydrogen-bond donors (Lipinski definition) is 1. The van der Waals surface area contributed by atoms with Crippen molar-refractivity contribution in [2.24, 2.45) is 0 Å². The average molecular weight is 843 g/mol. The van der Waals surface area contributed by atoms with Gasteiger partial charge in [-0.15, -0.1) is 0 Å². The maximum absolute atomic E-state index is 14.6. The van der Waals surface area contributed by atoms with E-state index in [1.54, 1.807) is 26.2 Å². The monoisotopic (exact) mass is 842 g/mol. The molecule has 0 aliphatic carbocycles. The van der Waals surface area contributed by atoms with Gasteiger partial charge in [0.25, 0.3) is 0 Å². The van der Waals surface area contributed by atoms with E-state index < -0.39 is 50.5 Å². The van der Waals surface area contributed by atoms with E-state index in [0.717, 1.165) is 11.1 Å². The van der Waals surface area contributed by atoms with E-state index in [4.69, 9.17) is 47.1 Å². The van der Waals surface area contributed by atoms with Gasteiger partial charge in [0.1, 0.15) is 31.6 Å². The molecule has 2 aliphatic heterocycles. The van der Waals surface area contributed by atoms with Gasteiger partial charge >= 0.3 is 18.0 Å². The first kappa shape index (κ1) is 46.9. The summed E-state index contributed by atoms with van der Waals surface area (Å²) in [6.45, 7) is 24.7. The summed E-state index contributed by atoms with van der Waals surface area (Å²) >= 11 is 0. The van der Waals surface area contributed by atoms with E-state index in [0.29, 0.717) is 45.4 Å². The molecule has 2 aliphatic rings. The molecule has 59 heavy (non-hydrogen) atoms. The Morgan fingerprint density at radius 2 is 1.69 bits per heavy atom. The topological polar surface area (TPSA) is 159 Å². The molecule has 0 saturated carbocycles. The molecular weight excluding hydrogens is 781 g/mol.